The summed E-state index contributed by atoms with van der Waals surface area (Å²) in [5.74, 6) is 0. The van der Waals surface area contributed by atoms with Crippen LogP contribution in [0.1, 0.15) is 11.1 Å². The number of rotatable bonds is 0. The fourth-order valence-corrected chi connectivity index (χ4v) is 2.39. The summed E-state index contributed by atoms with van der Waals surface area (Å²) in [7, 11) is 1.91. The molecule has 0 aliphatic carbocycles. The number of nitrogens with zero attached hydrogens (tertiary/aromatic N) is 3. The van der Waals surface area contributed by atoms with Crippen LogP contribution in [0.25, 0.3) is 0 Å². The number of aryl methyl sites for hydroxylation is 1. The number of halogens is 1. The third-order valence-corrected chi connectivity index (χ3v) is 3.39. The third kappa shape index (κ3) is 2.80. The first-order valence-corrected chi connectivity index (χ1v) is 6.13. The number of hydrogen-bond donors (Lipinski definition) is 0. The van der Waals surface area contributed by atoms with Gasteiger partial charge in [-0.2, -0.15) is 4.57 Å². The minimum Gasteiger partial charge on any atom is -1.00 e. The zero-order chi connectivity index (χ0) is 12.5. The Balaban J connectivity index is 0.00000133. The SMILES string of the molecule is C[n+]1ccn(C(=O)N2CCc3ccccc3C2)c1.[I-]. The van der Waals surface area contributed by atoms with Gasteiger partial charge in [-0.15, -0.1) is 0 Å². The number of aromatic nitrogens is 2. The van der Waals surface area contributed by atoms with Gasteiger partial charge in [0.25, 0.3) is 6.33 Å². The molecule has 100 valence electrons. The predicted octanol–water partition coefficient (Wildman–Crippen LogP) is -1.66. The first-order valence-electron chi connectivity index (χ1n) is 6.13. The Bertz CT molecular complexity index is 594. The van der Waals surface area contributed by atoms with Crippen molar-refractivity contribution in [1.82, 2.24) is 9.47 Å². The number of benzene rings is 1. The second-order valence-electron chi connectivity index (χ2n) is 4.71. The molecule has 0 fully saturated rings. The van der Waals surface area contributed by atoms with E-state index in [0.29, 0.717) is 6.54 Å². The van der Waals surface area contributed by atoms with Gasteiger partial charge in [0.15, 0.2) is 0 Å². The fourth-order valence-electron chi connectivity index (χ4n) is 2.39. The lowest BCUT2D eigenvalue weighted by molar-refractivity contribution is -0.670. The van der Waals surface area contributed by atoms with Gasteiger partial charge >= 0.3 is 6.03 Å². The van der Waals surface area contributed by atoms with Crippen LogP contribution in [0.2, 0.25) is 0 Å². The van der Waals surface area contributed by atoms with Crippen molar-refractivity contribution in [3.63, 3.8) is 0 Å². The van der Waals surface area contributed by atoms with Crippen molar-refractivity contribution in [2.24, 2.45) is 7.05 Å². The minimum atomic E-state index is 0. The Kier molecular flexibility index (Phi) is 4.24. The molecule has 1 aromatic carbocycles. The van der Waals surface area contributed by atoms with Crippen molar-refractivity contribution in [2.45, 2.75) is 13.0 Å². The molecule has 1 aromatic heterocycles. The quantitative estimate of drug-likeness (QED) is 0.404. The molecule has 0 saturated carbocycles. The molecule has 1 aliphatic rings. The molecule has 0 N–H and O–H groups in total. The van der Waals surface area contributed by atoms with Gasteiger partial charge in [0.05, 0.1) is 7.05 Å². The van der Waals surface area contributed by atoms with E-state index < -0.39 is 0 Å². The van der Waals surface area contributed by atoms with Crippen molar-refractivity contribution >= 4 is 6.03 Å². The molecule has 2 heterocycles. The number of fused-ring (bicyclic) bond motifs is 1. The zero-order valence-electron chi connectivity index (χ0n) is 10.8. The van der Waals surface area contributed by atoms with Crippen LogP contribution < -0.4 is 28.5 Å². The highest BCUT2D eigenvalue weighted by molar-refractivity contribution is 5.76. The Labute approximate surface area is 129 Å². The lowest BCUT2D eigenvalue weighted by Gasteiger charge is -2.26. The van der Waals surface area contributed by atoms with Gasteiger partial charge in [-0.25, -0.2) is 9.36 Å². The van der Waals surface area contributed by atoms with E-state index in [-0.39, 0.29) is 30.0 Å². The smallest absolute Gasteiger partial charge is 0.416 e. The number of hydrogen-bond acceptors (Lipinski definition) is 1. The van der Waals surface area contributed by atoms with Crippen molar-refractivity contribution in [3.05, 3.63) is 54.1 Å². The maximum absolute atomic E-state index is 12.3. The molecule has 19 heavy (non-hydrogen) atoms. The van der Waals surface area contributed by atoms with E-state index in [4.69, 9.17) is 0 Å². The molecular formula is C14H16IN3O. The lowest BCUT2D eigenvalue weighted by atomic mass is 10.0. The minimum absolute atomic E-state index is 0. The molecule has 5 heteroatoms. The Hall–Kier alpha value is -1.37. The molecule has 1 amide bonds. The lowest BCUT2D eigenvalue weighted by Crippen LogP contribution is -3.00. The molecule has 0 unspecified atom stereocenters. The van der Waals surface area contributed by atoms with Crippen molar-refractivity contribution in [1.29, 1.82) is 0 Å². The Morgan fingerprint density at radius 1 is 1.26 bits per heavy atom. The highest BCUT2D eigenvalue weighted by atomic mass is 127. The van der Waals surface area contributed by atoms with Crippen LogP contribution in [0.3, 0.4) is 0 Å². The monoisotopic (exact) mass is 369 g/mol. The molecular weight excluding hydrogens is 353 g/mol. The first kappa shape index (κ1) is 14.0. The summed E-state index contributed by atoms with van der Waals surface area (Å²) in [6.45, 7) is 1.49. The summed E-state index contributed by atoms with van der Waals surface area (Å²) in [6.07, 6.45) is 6.40. The van der Waals surface area contributed by atoms with Gasteiger partial charge in [0.1, 0.15) is 12.4 Å². The number of amides is 1. The van der Waals surface area contributed by atoms with E-state index in [1.54, 1.807) is 17.1 Å². The second-order valence-corrected chi connectivity index (χ2v) is 4.71. The van der Waals surface area contributed by atoms with E-state index in [0.717, 1.165) is 13.0 Å². The number of carbonyl (C=O) groups is 1. The third-order valence-electron chi connectivity index (χ3n) is 3.39. The van der Waals surface area contributed by atoms with Crippen LogP contribution in [0, 0.1) is 0 Å². The van der Waals surface area contributed by atoms with E-state index >= 15 is 0 Å². The molecule has 0 spiro atoms. The van der Waals surface area contributed by atoms with Gasteiger partial charge < -0.3 is 24.0 Å². The van der Waals surface area contributed by atoms with Crippen LogP contribution in [0.4, 0.5) is 4.79 Å². The first-order chi connectivity index (χ1) is 8.74. The van der Waals surface area contributed by atoms with E-state index in [1.807, 2.05) is 28.8 Å². The molecule has 0 radical (unpaired) electrons. The molecule has 4 nitrogen and oxygen atoms in total. The molecule has 0 bridgehead atoms. The molecule has 0 saturated heterocycles. The number of carbonyl (C=O) groups excluding carboxylic acids is 1. The predicted molar refractivity (Wildman–Crippen MR) is 67.0 cm³/mol. The fraction of sp³-hybridized carbons (Fsp3) is 0.286. The summed E-state index contributed by atoms with van der Waals surface area (Å²) in [6, 6.07) is 8.38. The van der Waals surface area contributed by atoms with Crippen LogP contribution in [-0.2, 0) is 20.0 Å². The highest BCUT2D eigenvalue weighted by Gasteiger charge is 2.24. The Morgan fingerprint density at radius 3 is 2.68 bits per heavy atom. The molecule has 2 aromatic rings. The Morgan fingerprint density at radius 2 is 2.00 bits per heavy atom. The summed E-state index contributed by atoms with van der Waals surface area (Å²) in [4.78, 5) is 14.2. The van der Waals surface area contributed by atoms with Crippen molar-refractivity contribution in [2.75, 3.05) is 6.54 Å². The van der Waals surface area contributed by atoms with Crippen molar-refractivity contribution < 1.29 is 33.3 Å². The van der Waals surface area contributed by atoms with Crippen LogP contribution in [-0.4, -0.2) is 22.0 Å². The van der Waals surface area contributed by atoms with Gasteiger partial charge in [-0.3, -0.25) is 4.90 Å². The summed E-state index contributed by atoms with van der Waals surface area (Å²) < 4.78 is 3.50. The highest BCUT2D eigenvalue weighted by Crippen LogP contribution is 2.18. The normalized spacial score (nSPS) is 13.6. The molecule has 1 aliphatic heterocycles. The van der Waals surface area contributed by atoms with E-state index in [9.17, 15) is 4.79 Å². The van der Waals surface area contributed by atoms with Crippen LogP contribution >= 0.6 is 0 Å². The largest absolute Gasteiger partial charge is 1.00 e. The standard InChI is InChI=1S/C14H16N3O.HI/c1-15-8-9-17(11-15)14(18)16-7-6-12-4-2-3-5-13(12)10-16;/h2-5,8-9,11H,6-7,10H2,1H3;1H/q+1;/p-1. The van der Waals surface area contributed by atoms with E-state index in [2.05, 4.69) is 18.2 Å². The zero-order valence-corrected chi connectivity index (χ0v) is 12.9. The number of imidazole rings is 1. The van der Waals surface area contributed by atoms with Crippen LogP contribution in [0.5, 0.6) is 0 Å². The van der Waals surface area contributed by atoms with Crippen LogP contribution in [0.15, 0.2) is 43.0 Å². The summed E-state index contributed by atoms with van der Waals surface area (Å²) >= 11 is 0. The average molecular weight is 369 g/mol. The maximum Gasteiger partial charge on any atom is 0.416 e. The summed E-state index contributed by atoms with van der Waals surface area (Å²) in [5, 5.41) is 0. The molecule has 3 rings (SSSR count). The van der Waals surface area contributed by atoms with Gasteiger partial charge in [-0.1, -0.05) is 24.3 Å². The van der Waals surface area contributed by atoms with E-state index in [1.165, 1.54) is 11.1 Å². The summed E-state index contributed by atoms with van der Waals surface area (Å²) in [5.41, 5.74) is 2.62. The average Bonchev–Trinajstić information content (AvgIpc) is 2.84. The van der Waals surface area contributed by atoms with Gasteiger partial charge in [0.2, 0.25) is 0 Å². The van der Waals surface area contributed by atoms with Gasteiger partial charge in [0, 0.05) is 13.1 Å². The maximum atomic E-state index is 12.3. The second kappa shape index (κ2) is 5.73. The van der Waals surface area contributed by atoms with Crippen molar-refractivity contribution in [3.8, 4) is 0 Å². The topological polar surface area (TPSA) is 29.1 Å². The van der Waals surface area contributed by atoms with Gasteiger partial charge in [-0.05, 0) is 17.5 Å². The molecule has 0 atom stereocenters.